The van der Waals surface area contributed by atoms with Crippen LogP contribution in [0.5, 0.6) is 0 Å². The van der Waals surface area contributed by atoms with E-state index in [1.807, 2.05) is 63.6 Å². The van der Waals surface area contributed by atoms with Gasteiger partial charge in [-0.25, -0.2) is 4.40 Å². The van der Waals surface area contributed by atoms with Crippen molar-refractivity contribution >= 4 is 34.6 Å². The Morgan fingerprint density at radius 1 is 0.879 bits per heavy atom. The lowest BCUT2D eigenvalue weighted by atomic mass is 10.2. The SMILES string of the molecule is CCCCC(=O)NCCNc1nnc2n(CC(=O)NCc3ccccc3)c3ccccc3n12. The summed E-state index contributed by atoms with van der Waals surface area (Å²) in [4.78, 5) is 24.5. The van der Waals surface area contributed by atoms with Crippen LogP contribution in [0.3, 0.4) is 0 Å². The van der Waals surface area contributed by atoms with Crippen molar-refractivity contribution in [3.8, 4) is 0 Å². The topological polar surface area (TPSA) is 105 Å². The van der Waals surface area contributed by atoms with E-state index in [2.05, 4.69) is 33.1 Å². The summed E-state index contributed by atoms with van der Waals surface area (Å²) >= 11 is 0. The van der Waals surface area contributed by atoms with Crippen molar-refractivity contribution in [2.45, 2.75) is 39.3 Å². The van der Waals surface area contributed by atoms with Gasteiger partial charge in [0, 0.05) is 26.1 Å². The van der Waals surface area contributed by atoms with E-state index in [9.17, 15) is 9.59 Å². The lowest BCUT2D eigenvalue weighted by molar-refractivity contribution is -0.122. The summed E-state index contributed by atoms with van der Waals surface area (Å²) in [5.41, 5.74) is 2.85. The molecule has 33 heavy (non-hydrogen) atoms. The lowest BCUT2D eigenvalue weighted by Crippen LogP contribution is -2.28. The average molecular weight is 448 g/mol. The number of anilines is 1. The first-order valence-corrected chi connectivity index (χ1v) is 11.3. The first-order valence-electron chi connectivity index (χ1n) is 11.3. The van der Waals surface area contributed by atoms with Crippen molar-refractivity contribution in [3.63, 3.8) is 0 Å². The predicted octanol–water partition coefficient (Wildman–Crippen LogP) is 2.72. The van der Waals surface area contributed by atoms with Crippen molar-refractivity contribution in [2.24, 2.45) is 0 Å². The van der Waals surface area contributed by atoms with Crippen LogP contribution in [-0.4, -0.2) is 44.1 Å². The molecule has 0 saturated carbocycles. The molecule has 2 heterocycles. The zero-order chi connectivity index (χ0) is 23.0. The molecule has 0 atom stereocenters. The Kier molecular flexibility index (Phi) is 7.19. The van der Waals surface area contributed by atoms with Gasteiger partial charge in [0.2, 0.25) is 23.5 Å². The van der Waals surface area contributed by atoms with Gasteiger partial charge in [0.1, 0.15) is 6.54 Å². The fraction of sp³-hybridized carbons (Fsp3) is 0.333. The van der Waals surface area contributed by atoms with E-state index >= 15 is 0 Å². The number of unbranched alkanes of at least 4 members (excludes halogenated alkanes) is 1. The molecular formula is C24H29N7O2. The van der Waals surface area contributed by atoms with E-state index in [-0.39, 0.29) is 18.4 Å². The third-order valence-corrected chi connectivity index (χ3v) is 5.42. The van der Waals surface area contributed by atoms with Gasteiger partial charge in [-0.15, -0.1) is 10.2 Å². The number of nitrogens with one attached hydrogen (secondary N) is 3. The molecule has 4 aromatic rings. The Hall–Kier alpha value is -3.88. The highest BCUT2D eigenvalue weighted by Gasteiger charge is 2.18. The lowest BCUT2D eigenvalue weighted by Gasteiger charge is -2.07. The standard InChI is InChI=1S/C24H29N7O2/c1-2-3-13-21(32)25-14-15-26-23-28-29-24-30(19-11-7-8-12-20(19)31(23)24)17-22(33)27-16-18-9-5-4-6-10-18/h4-12H,2-3,13-17H2,1H3,(H,25,32)(H,26,28)(H,27,33). The number of hydrogen-bond donors (Lipinski definition) is 3. The van der Waals surface area contributed by atoms with Crippen molar-refractivity contribution in [1.82, 2.24) is 29.8 Å². The molecule has 0 fully saturated rings. The number of aromatic nitrogens is 4. The maximum Gasteiger partial charge on any atom is 0.240 e. The molecule has 0 aliphatic carbocycles. The van der Waals surface area contributed by atoms with Crippen LogP contribution in [0.25, 0.3) is 16.8 Å². The van der Waals surface area contributed by atoms with Gasteiger partial charge in [0.15, 0.2) is 0 Å². The smallest absolute Gasteiger partial charge is 0.240 e. The van der Waals surface area contributed by atoms with E-state index in [0.717, 1.165) is 29.4 Å². The van der Waals surface area contributed by atoms with Crippen LogP contribution in [0, 0.1) is 0 Å². The number of benzene rings is 2. The number of amides is 2. The minimum Gasteiger partial charge on any atom is -0.354 e. The van der Waals surface area contributed by atoms with Gasteiger partial charge in [-0.2, -0.15) is 0 Å². The zero-order valence-corrected chi connectivity index (χ0v) is 18.8. The Bertz CT molecular complexity index is 1230. The van der Waals surface area contributed by atoms with Gasteiger partial charge in [-0.05, 0) is 24.1 Å². The number of hydrogen-bond acceptors (Lipinski definition) is 5. The van der Waals surface area contributed by atoms with Crippen molar-refractivity contribution in [3.05, 3.63) is 60.2 Å². The summed E-state index contributed by atoms with van der Waals surface area (Å²) in [5, 5.41) is 17.7. The molecule has 9 nitrogen and oxygen atoms in total. The Labute approximate surface area is 192 Å². The largest absolute Gasteiger partial charge is 0.354 e. The molecule has 0 saturated heterocycles. The van der Waals surface area contributed by atoms with E-state index in [1.54, 1.807) is 0 Å². The van der Waals surface area contributed by atoms with Crippen LogP contribution in [0.2, 0.25) is 0 Å². The molecule has 2 aromatic carbocycles. The van der Waals surface area contributed by atoms with E-state index in [0.29, 0.717) is 37.8 Å². The molecule has 9 heteroatoms. The summed E-state index contributed by atoms with van der Waals surface area (Å²) in [5.74, 6) is 1.12. The van der Waals surface area contributed by atoms with Gasteiger partial charge in [0.05, 0.1) is 11.0 Å². The van der Waals surface area contributed by atoms with Gasteiger partial charge in [0.25, 0.3) is 0 Å². The van der Waals surface area contributed by atoms with Crippen LogP contribution in [-0.2, 0) is 22.7 Å². The third-order valence-electron chi connectivity index (χ3n) is 5.42. The highest BCUT2D eigenvalue weighted by atomic mass is 16.2. The molecule has 2 amide bonds. The van der Waals surface area contributed by atoms with E-state index in [1.165, 1.54) is 0 Å². The number of carbonyl (C=O) groups excluding carboxylic acids is 2. The molecule has 0 bridgehead atoms. The highest BCUT2D eigenvalue weighted by molar-refractivity contribution is 5.85. The van der Waals surface area contributed by atoms with Gasteiger partial charge in [-0.1, -0.05) is 55.8 Å². The second kappa shape index (κ2) is 10.6. The maximum absolute atomic E-state index is 12.7. The fourth-order valence-electron chi connectivity index (χ4n) is 3.73. The fourth-order valence-corrected chi connectivity index (χ4v) is 3.73. The Morgan fingerprint density at radius 2 is 1.64 bits per heavy atom. The molecule has 0 spiro atoms. The minimum absolute atomic E-state index is 0.0585. The summed E-state index contributed by atoms with van der Waals surface area (Å²) in [6.45, 7) is 3.69. The number of rotatable bonds is 11. The Morgan fingerprint density at radius 3 is 2.42 bits per heavy atom. The molecule has 0 aliphatic rings. The summed E-state index contributed by atoms with van der Waals surface area (Å²) in [6.07, 6.45) is 2.44. The van der Waals surface area contributed by atoms with Crippen LogP contribution >= 0.6 is 0 Å². The zero-order valence-electron chi connectivity index (χ0n) is 18.8. The van der Waals surface area contributed by atoms with Crippen LogP contribution in [0.15, 0.2) is 54.6 Å². The van der Waals surface area contributed by atoms with Crippen LogP contribution in [0.1, 0.15) is 31.7 Å². The highest BCUT2D eigenvalue weighted by Crippen LogP contribution is 2.23. The average Bonchev–Trinajstić information content (AvgIpc) is 3.39. The number of fused-ring (bicyclic) bond motifs is 3. The second-order valence-corrected chi connectivity index (χ2v) is 7.88. The molecule has 0 radical (unpaired) electrons. The second-order valence-electron chi connectivity index (χ2n) is 7.88. The molecule has 3 N–H and O–H groups in total. The quantitative estimate of drug-likeness (QED) is 0.307. The summed E-state index contributed by atoms with van der Waals surface area (Å²) < 4.78 is 3.76. The molecule has 172 valence electrons. The summed E-state index contributed by atoms with van der Waals surface area (Å²) in [7, 11) is 0. The van der Waals surface area contributed by atoms with Crippen molar-refractivity contribution < 1.29 is 9.59 Å². The van der Waals surface area contributed by atoms with Gasteiger partial charge in [-0.3, -0.25) is 14.2 Å². The van der Waals surface area contributed by atoms with E-state index in [4.69, 9.17) is 0 Å². The number of carbonyl (C=O) groups is 2. The molecule has 2 aromatic heterocycles. The summed E-state index contributed by atoms with van der Waals surface area (Å²) in [6, 6.07) is 17.6. The predicted molar refractivity (Wildman–Crippen MR) is 128 cm³/mol. The maximum atomic E-state index is 12.7. The van der Waals surface area contributed by atoms with Gasteiger partial charge >= 0.3 is 0 Å². The minimum atomic E-state index is -0.102. The first-order chi connectivity index (χ1) is 16.2. The third kappa shape index (κ3) is 5.31. The molecule has 0 unspecified atom stereocenters. The molecule has 4 rings (SSSR count). The Balaban J connectivity index is 1.46. The van der Waals surface area contributed by atoms with Gasteiger partial charge < -0.3 is 16.0 Å². The number of nitrogens with zero attached hydrogens (tertiary/aromatic N) is 4. The van der Waals surface area contributed by atoms with Crippen LogP contribution < -0.4 is 16.0 Å². The first kappa shape index (κ1) is 22.3. The van der Waals surface area contributed by atoms with Crippen LogP contribution in [0.4, 0.5) is 5.95 Å². The number of imidazole rings is 1. The monoisotopic (exact) mass is 447 g/mol. The van der Waals surface area contributed by atoms with Crippen molar-refractivity contribution in [1.29, 1.82) is 0 Å². The van der Waals surface area contributed by atoms with E-state index < -0.39 is 0 Å². The number of para-hydroxylation sites is 2. The molecular weight excluding hydrogens is 418 g/mol. The van der Waals surface area contributed by atoms with Crippen molar-refractivity contribution in [2.75, 3.05) is 18.4 Å². The normalized spacial score (nSPS) is 11.1. The molecule has 0 aliphatic heterocycles.